The van der Waals surface area contributed by atoms with E-state index in [2.05, 4.69) is 0 Å². The predicted octanol–water partition coefficient (Wildman–Crippen LogP) is 3.41. The fourth-order valence-corrected chi connectivity index (χ4v) is 2.06. The van der Waals surface area contributed by atoms with Gasteiger partial charge in [-0.05, 0) is 41.5 Å². The Balaban J connectivity index is 2.46. The van der Waals surface area contributed by atoms with E-state index >= 15 is 0 Å². The van der Waals surface area contributed by atoms with Crippen LogP contribution in [0.2, 0.25) is 5.02 Å². The van der Waals surface area contributed by atoms with E-state index in [0.717, 1.165) is 11.1 Å². The van der Waals surface area contributed by atoms with E-state index in [9.17, 15) is 9.90 Å². The Morgan fingerprint density at radius 3 is 2.47 bits per heavy atom. The molecule has 0 atom stereocenters. The molecule has 3 nitrogen and oxygen atoms in total. The lowest BCUT2D eigenvalue weighted by molar-refractivity contribution is 0.0827. The van der Waals surface area contributed by atoms with Crippen LogP contribution >= 0.6 is 11.6 Å². The van der Waals surface area contributed by atoms with Gasteiger partial charge in [0.1, 0.15) is 5.75 Å². The van der Waals surface area contributed by atoms with Crippen molar-refractivity contribution in [1.29, 1.82) is 0 Å². The molecular weight excluding hydrogens is 262 g/mol. The molecule has 2 aromatic rings. The minimum absolute atomic E-state index is 0.0619. The molecule has 0 saturated carbocycles. The Morgan fingerprint density at radius 2 is 1.84 bits per heavy atom. The fourth-order valence-electron chi connectivity index (χ4n) is 1.83. The summed E-state index contributed by atoms with van der Waals surface area (Å²) in [6.07, 6.45) is 0. The summed E-state index contributed by atoms with van der Waals surface area (Å²) in [5.41, 5.74) is 2.21. The van der Waals surface area contributed by atoms with Gasteiger partial charge in [-0.1, -0.05) is 23.7 Å². The number of rotatable bonds is 2. The number of hydrogen-bond donors (Lipinski definition) is 1. The molecule has 2 rings (SSSR count). The Labute approximate surface area is 117 Å². The predicted molar refractivity (Wildman–Crippen MR) is 76.6 cm³/mol. The van der Waals surface area contributed by atoms with Crippen molar-refractivity contribution in [1.82, 2.24) is 4.90 Å². The van der Waals surface area contributed by atoms with Gasteiger partial charge in [-0.15, -0.1) is 0 Å². The third-order valence-electron chi connectivity index (χ3n) is 2.73. The van der Waals surface area contributed by atoms with Crippen LogP contribution in [-0.4, -0.2) is 30.0 Å². The fraction of sp³-hybridized carbons (Fsp3) is 0.133. The normalized spacial score (nSPS) is 10.3. The van der Waals surface area contributed by atoms with Crippen molar-refractivity contribution in [3.8, 4) is 16.9 Å². The molecule has 0 aromatic heterocycles. The maximum Gasteiger partial charge on any atom is 0.253 e. The summed E-state index contributed by atoms with van der Waals surface area (Å²) in [5.74, 6) is 0.0416. The lowest BCUT2D eigenvalue weighted by Crippen LogP contribution is -2.21. The van der Waals surface area contributed by atoms with E-state index < -0.39 is 0 Å². The van der Waals surface area contributed by atoms with Crippen LogP contribution in [0.3, 0.4) is 0 Å². The standard InChI is InChI=1S/C15H14ClNO2/c1-17(2)15(19)11-5-3-4-10(6-11)12-7-13(16)9-14(18)8-12/h3-9,18H,1-2H3. The summed E-state index contributed by atoms with van der Waals surface area (Å²) in [6, 6.07) is 12.1. The maximum absolute atomic E-state index is 11.9. The topological polar surface area (TPSA) is 40.5 Å². The number of hydrogen-bond acceptors (Lipinski definition) is 2. The van der Waals surface area contributed by atoms with Crippen LogP contribution in [0.1, 0.15) is 10.4 Å². The SMILES string of the molecule is CN(C)C(=O)c1cccc(-c2cc(O)cc(Cl)c2)c1. The van der Waals surface area contributed by atoms with Crippen molar-refractivity contribution in [3.05, 3.63) is 53.1 Å². The summed E-state index contributed by atoms with van der Waals surface area (Å²) in [5, 5.41) is 10.0. The number of aromatic hydroxyl groups is 1. The summed E-state index contributed by atoms with van der Waals surface area (Å²) in [7, 11) is 3.42. The van der Waals surface area contributed by atoms with Gasteiger partial charge in [0, 0.05) is 24.7 Å². The van der Waals surface area contributed by atoms with Crippen LogP contribution in [0.4, 0.5) is 0 Å². The minimum Gasteiger partial charge on any atom is -0.508 e. The average molecular weight is 276 g/mol. The van der Waals surface area contributed by atoms with Crippen molar-refractivity contribution in [2.24, 2.45) is 0 Å². The van der Waals surface area contributed by atoms with Crippen molar-refractivity contribution < 1.29 is 9.90 Å². The molecule has 0 fully saturated rings. The first-order valence-electron chi connectivity index (χ1n) is 5.79. The number of phenols is 1. The Bertz CT molecular complexity index is 603. The third-order valence-corrected chi connectivity index (χ3v) is 2.95. The van der Waals surface area contributed by atoms with Crippen molar-refractivity contribution in [2.75, 3.05) is 14.1 Å². The summed E-state index contributed by atoms with van der Waals surface area (Å²) in [4.78, 5) is 13.4. The average Bonchev–Trinajstić information content (AvgIpc) is 2.36. The number of phenolic OH excluding ortho intramolecular Hbond substituents is 1. The summed E-state index contributed by atoms with van der Waals surface area (Å²) < 4.78 is 0. The van der Waals surface area contributed by atoms with E-state index in [0.29, 0.717) is 10.6 Å². The number of carbonyl (C=O) groups is 1. The largest absolute Gasteiger partial charge is 0.508 e. The lowest BCUT2D eigenvalue weighted by atomic mass is 10.0. The van der Waals surface area contributed by atoms with Gasteiger partial charge in [0.2, 0.25) is 0 Å². The second kappa shape index (κ2) is 5.33. The first-order valence-corrected chi connectivity index (χ1v) is 6.17. The second-order valence-electron chi connectivity index (χ2n) is 4.48. The molecule has 0 aliphatic carbocycles. The van der Waals surface area contributed by atoms with Crippen LogP contribution in [0.25, 0.3) is 11.1 Å². The van der Waals surface area contributed by atoms with Gasteiger partial charge in [0.05, 0.1) is 0 Å². The molecule has 0 saturated heterocycles. The van der Waals surface area contributed by atoms with Gasteiger partial charge in [0.25, 0.3) is 5.91 Å². The highest BCUT2D eigenvalue weighted by Gasteiger charge is 2.09. The van der Waals surface area contributed by atoms with Gasteiger partial charge in [-0.3, -0.25) is 4.79 Å². The maximum atomic E-state index is 11.9. The van der Waals surface area contributed by atoms with E-state index in [4.69, 9.17) is 11.6 Å². The molecule has 98 valence electrons. The Morgan fingerprint density at radius 1 is 1.11 bits per heavy atom. The molecule has 0 aliphatic rings. The summed E-state index contributed by atoms with van der Waals surface area (Å²) in [6.45, 7) is 0. The van der Waals surface area contributed by atoms with Crippen LogP contribution in [0.15, 0.2) is 42.5 Å². The van der Waals surface area contributed by atoms with Crippen molar-refractivity contribution >= 4 is 17.5 Å². The van der Waals surface area contributed by atoms with E-state index in [-0.39, 0.29) is 11.7 Å². The van der Waals surface area contributed by atoms with E-state index in [1.165, 1.54) is 11.0 Å². The smallest absolute Gasteiger partial charge is 0.253 e. The molecule has 0 spiro atoms. The summed E-state index contributed by atoms with van der Waals surface area (Å²) >= 11 is 5.92. The van der Waals surface area contributed by atoms with Gasteiger partial charge >= 0.3 is 0 Å². The van der Waals surface area contributed by atoms with Crippen LogP contribution in [0.5, 0.6) is 5.75 Å². The third kappa shape index (κ3) is 3.06. The Hall–Kier alpha value is -2.00. The zero-order valence-corrected chi connectivity index (χ0v) is 11.5. The molecule has 1 amide bonds. The monoisotopic (exact) mass is 275 g/mol. The Kier molecular flexibility index (Phi) is 3.76. The number of nitrogens with zero attached hydrogens (tertiary/aromatic N) is 1. The number of carbonyl (C=O) groups excluding carboxylic acids is 1. The molecule has 1 N–H and O–H groups in total. The lowest BCUT2D eigenvalue weighted by Gasteiger charge is -2.11. The zero-order chi connectivity index (χ0) is 14.0. The molecule has 0 unspecified atom stereocenters. The first kappa shape index (κ1) is 13.4. The molecule has 0 radical (unpaired) electrons. The molecule has 19 heavy (non-hydrogen) atoms. The van der Waals surface area contributed by atoms with Gasteiger partial charge in [-0.2, -0.15) is 0 Å². The number of halogens is 1. The van der Waals surface area contributed by atoms with Crippen LogP contribution in [0, 0.1) is 0 Å². The highest BCUT2D eigenvalue weighted by Crippen LogP contribution is 2.28. The quantitative estimate of drug-likeness (QED) is 0.912. The van der Waals surface area contributed by atoms with E-state index in [1.54, 1.807) is 38.4 Å². The molecule has 0 aliphatic heterocycles. The van der Waals surface area contributed by atoms with E-state index in [1.807, 2.05) is 12.1 Å². The van der Waals surface area contributed by atoms with Gasteiger partial charge in [-0.25, -0.2) is 0 Å². The highest BCUT2D eigenvalue weighted by atomic mass is 35.5. The minimum atomic E-state index is -0.0619. The van der Waals surface area contributed by atoms with Crippen molar-refractivity contribution in [3.63, 3.8) is 0 Å². The first-order chi connectivity index (χ1) is 8.97. The molecule has 0 bridgehead atoms. The number of benzene rings is 2. The molecule has 2 aromatic carbocycles. The zero-order valence-electron chi connectivity index (χ0n) is 10.7. The van der Waals surface area contributed by atoms with Gasteiger partial charge < -0.3 is 10.0 Å². The van der Waals surface area contributed by atoms with Crippen LogP contribution < -0.4 is 0 Å². The highest BCUT2D eigenvalue weighted by molar-refractivity contribution is 6.31. The van der Waals surface area contributed by atoms with Crippen molar-refractivity contribution in [2.45, 2.75) is 0 Å². The molecule has 4 heteroatoms. The number of amides is 1. The van der Waals surface area contributed by atoms with Crippen LogP contribution in [-0.2, 0) is 0 Å². The van der Waals surface area contributed by atoms with Gasteiger partial charge in [0.15, 0.2) is 0 Å². The molecular formula is C15H14ClNO2. The second-order valence-corrected chi connectivity index (χ2v) is 4.91. The molecule has 0 heterocycles.